The predicted octanol–water partition coefficient (Wildman–Crippen LogP) is 3.35. The summed E-state index contributed by atoms with van der Waals surface area (Å²) in [6.07, 6.45) is 2.37. The summed E-state index contributed by atoms with van der Waals surface area (Å²) in [6.45, 7) is 2.61. The van der Waals surface area contributed by atoms with Crippen LogP contribution in [-0.4, -0.2) is 24.1 Å². The molecule has 1 heterocycles. The Labute approximate surface area is 129 Å². The van der Waals surface area contributed by atoms with Crippen molar-refractivity contribution in [2.24, 2.45) is 0 Å². The molecule has 1 aromatic carbocycles. The smallest absolute Gasteiger partial charge is 0.134 e. The molecule has 0 aliphatic heterocycles. The number of nitrogens with zero attached hydrogens (tertiary/aromatic N) is 2. The lowest BCUT2D eigenvalue weighted by Crippen LogP contribution is -2.09. The van der Waals surface area contributed by atoms with Gasteiger partial charge < -0.3 is 15.4 Å². The summed E-state index contributed by atoms with van der Waals surface area (Å²) >= 11 is 6.24. The highest BCUT2D eigenvalue weighted by molar-refractivity contribution is 6.31. The third kappa shape index (κ3) is 3.36. The molecule has 0 aliphatic rings. The molecule has 6 heteroatoms. The molecule has 1 aromatic heterocycles. The standard InChI is InChI=1S/C15H19ClN4O/c1-4-10-14(17-2)19-9-20-15(10)18-8-11-12(16)6-5-7-13(11)21-3/h5-7,9H,4,8H2,1-3H3,(H2,17,18,19,20). The van der Waals surface area contributed by atoms with Crippen molar-refractivity contribution in [2.75, 3.05) is 24.8 Å². The lowest BCUT2D eigenvalue weighted by atomic mass is 10.1. The van der Waals surface area contributed by atoms with Crippen molar-refractivity contribution < 1.29 is 4.74 Å². The van der Waals surface area contributed by atoms with E-state index in [1.54, 1.807) is 7.11 Å². The predicted molar refractivity (Wildman–Crippen MR) is 86.3 cm³/mol. The molecule has 21 heavy (non-hydrogen) atoms. The zero-order valence-electron chi connectivity index (χ0n) is 12.4. The lowest BCUT2D eigenvalue weighted by molar-refractivity contribution is 0.410. The Balaban J connectivity index is 2.25. The second kappa shape index (κ2) is 7.13. The number of halogens is 1. The fourth-order valence-corrected chi connectivity index (χ4v) is 2.42. The van der Waals surface area contributed by atoms with Gasteiger partial charge in [0.1, 0.15) is 23.7 Å². The summed E-state index contributed by atoms with van der Waals surface area (Å²) in [7, 11) is 3.48. The number of hydrogen-bond acceptors (Lipinski definition) is 5. The maximum atomic E-state index is 6.24. The molecule has 0 saturated carbocycles. The van der Waals surface area contributed by atoms with E-state index in [4.69, 9.17) is 16.3 Å². The maximum absolute atomic E-state index is 6.24. The van der Waals surface area contributed by atoms with Crippen LogP contribution >= 0.6 is 11.6 Å². The molecule has 0 spiro atoms. The van der Waals surface area contributed by atoms with Crippen LogP contribution in [0.2, 0.25) is 5.02 Å². The van der Waals surface area contributed by atoms with Gasteiger partial charge in [0, 0.05) is 29.7 Å². The van der Waals surface area contributed by atoms with Gasteiger partial charge in [0.2, 0.25) is 0 Å². The zero-order chi connectivity index (χ0) is 15.2. The number of rotatable bonds is 6. The SMILES string of the molecule is CCc1c(NC)ncnc1NCc1c(Cl)cccc1OC. The first-order valence-electron chi connectivity index (χ1n) is 6.78. The molecule has 0 atom stereocenters. The Hall–Kier alpha value is -2.01. The number of aromatic nitrogens is 2. The van der Waals surface area contributed by atoms with Gasteiger partial charge >= 0.3 is 0 Å². The average Bonchev–Trinajstić information content (AvgIpc) is 2.52. The largest absolute Gasteiger partial charge is 0.496 e. The number of methoxy groups -OCH3 is 1. The Morgan fingerprint density at radius 1 is 1.19 bits per heavy atom. The minimum Gasteiger partial charge on any atom is -0.496 e. The molecule has 0 amide bonds. The van der Waals surface area contributed by atoms with E-state index in [0.717, 1.165) is 34.9 Å². The van der Waals surface area contributed by atoms with Crippen LogP contribution in [-0.2, 0) is 13.0 Å². The molecule has 0 aliphatic carbocycles. The van der Waals surface area contributed by atoms with Gasteiger partial charge in [0.15, 0.2) is 0 Å². The number of hydrogen-bond donors (Lipinski definition) is 2. The summed E-state index contributed by atoms with van der Waals surface area (Å²) in [6, 6.07) is 5.61. The van der Waals surface area contributed by atoms with Crippen molar-refractivity contribution in [3.05, 3.63) is 40.7 Å². The molecule has 112 valence electrons. The first kappa shape index (κ1) is 15.4. The fraction of sp³-hybridized carbons (Fsp3) is 0.333. The van der Waals surface area contributed by atoms with Crippen LogP contribution in [0, 0.1) is 0 Å². The molecule has 2 rings (SSSR count). The topological polar surface area (TPSA) is 59.1 Å². The summed E-state index contributed by atoms with van der Waals surface area (Å²) in [4.78, 5) is 8.53. The van der Waals surface area contributed by atoms with Gasteiger partial charge in [0.05, 0.1) is 7.11 Å². The summed E-state index contributed by atoms with van der Waals surface area (Å²) < 4.78 is 5.35. The summed E-state index contributed by atoms with van der Waals surface area (Å²) in [5, 5.41) is 7.06. The fourth-order valence-electron chi connectivity index (χ4n) is 2.19. The first-order valence-corrected chi connectivity index (χ1v) is 7.15. The lowest BCUT2D eigenvalue weighted by Gasteiger charge is -2.15. The molecule has 2 N–H and O–H groups in total. The molecule has 0 fully saturated rings. The van der Waals surface area contributed by atoms with Crippen LogP contribution in [0.3, 0.4) is 0 Å². The van der Waals surface area contributed by atoms with Gasteiger partial charge in [-0.05, 0) is 18.6 Å². The Bertz CT molecular complexity index is 619. The summed E-state index contributed by atoms with van der Waals surface area (Å²) in [5.74, 6) is 2.40. The number of nitrogens with one attached hydrogen (secondary N) is 2. The highest BCUT2D eigenvalue weighted by Crippen LogP contribution is 2.28. The van der Waals surface area contributed by atoms with Gasteiger partial charge in [-0.2, -0.15) is 0 Å². The van der Waals surface area contributed by atoms with E-state index in [0.29, 0.717) is 11.6 Å². The second-order valence-corrected chi connectivity index (χ2v) is 4.83. The minimum absolute atomic E-state index is 0.538. The molecular weight excluding hydrogens is 288 g/mol. The maximum Gasteiger partial charge on any atom is 0.134 e. The third-order valence-corrected chi connectivity index (χ3v) is 3.62. The first-order chi connectivity index (χ1) is 10.2. The normalized spacial score (nSPS) is 10.3. The minimum atomic E-state index is 0.538. The molecule has 0 unspecified atom stereocenters. The van der Waals surface area contributed by atoms with Crippen molar-refractivity contribution in [1.82, 2.24) is 9.97 Å². The number of benzene rings is 1. The van der Waals surface area contributed by atoms with Crippen LogP contribution in [0.5, 0.6) is 5.75 Å². The average molecular weight is 307 g/mol. The van der Waals surface area contributed by atoms with Crippen LogP contribution < -0.4 is 15.4 Å². The van der Waals surface area contributed by atoms with Crippen LogP contribution in [0.25, 0.3) is 0 Å². The van der Waals surface area contributed by atoms with E-state index in [2.05, 4.69) is 27.5 Å². The Kier molecular flexibility index (Phi) is 5.22. The molecule has 2 aromatic rings. The van der Waals surface area contributed by atoms with E-state index in [1.165, 1.54) is 6.33 Å². The highest BCUT2D eigenvalue weighted by Gasteiger charge is 2.11. The number of anilines is 2. The van der Waals surface area contributed by atoms with E-state index >= 15 is 0 Å². The van der Waals surface area contributed by atoms with Crippen LogP contribution in [0.15, 0.2) is 24.5 Å². The molecular formula is C15H19ClN4O. The number of ether oxygens (including phenoxy) is 1. The summed E-state index contributed by atoms with van der Waals surface area (Å²) in [5.41, 5.74) is 1.96. The van der Waals surface area contributed by atoms with Crippen molar-refractivity contribution >= 4 is 23.2 Å². The van der Waals surface area contributed by atoms with E-state index in [9.17, 15) is 0 Å². The zero-order valence-corrected chi connectivity index (χ0v) is 13.2. The van der Waals surface area contributed by atoms with Gasteiger partial charge in [-0.3, -0.25) is 0 Å². The van der Waals surface area contributed by atoms with Crippen LogP contribution in [0.1, 0.15) is 18.1 Å². The van der Waals surface area contributed by atoms with E-state index in [-0.39, 0.29) is 0 Å². The van der Waals surface area contributed by atoms with Crippen molar-refractivity contribution in [3.8, 4) is 5.75 Å². The van der Waals surface area contributed by atoms with Gasteiger partial charge in [-0.1, -0.05) is 24.6 Å². The van der Waals surface area contributed by atoms with Gasteiger partial charge in [-0.25, -0.2) is 9.97 Å². The molecule has 0 radical (unpaired) electrons. The van der Waals surface area contributed by atoms with E-state index < -0.39 is 0 Å². The van der Waals surface area contributed by atoms with Crippen molar-refractivity contribution in [2.45, 2.75) is 19.9 Å². The Morgan fingerprint density at radius 3 is 2.62 bits per heavy atom. The quantitative estimate of drug-likeness (QED) is 0.857. The van der Waals surface area contributed by atoms with Gasteiger partial charge in [-0.15, -0.1) is 0 Å². The highest BCUT2D eigenvalue weighted by atomic mass is 35.5. The van der Waals surface area contributed by atoms with E-state index in [1.807, 2.05) is 25.2 Å². The Morgan fingerprint density at radius 2 is 1.95 bits per heavy atom. The molecule has 0 saturated heterocycles. The van der Waals surface area contributed by atoms with Gasteiger partial charge in [0.25, 0.3) is 0 Å². The van der Waals surface area contributed by atoms with Crippen LogP contribution in [0.4, 0.5) is 11.6 Å². The second-order valence-electron chi connectivity index (χ2n) is 4.43. The van der Waals surface area contributed by atoms with Crippen molar-refractivity contribution in [3.63, 3.8) is 0 Å². The monoisotopic (exact) mass is 306 g/mol. The van der Waals surface area contributed by atoms with Crippen molar-refractivity contribution in [1.29, 1.82) is 0 Å². The third-order valence-electron chi connectivity index (χ3n) is 3.26. The molecule has 0 bridgehead atoms. The molecule has 5 nitrogen and oxygen atoms in total.